The molecule has 138 valence electrons. The van der Waals surface area contributed by atoms with Crippen LogP contribution in [0, 0.1) is 0 Å². The van der Waals surface area contributed by atoms with Gasteiger partial charge < -0.3 is 25.3 Å². The fourth-order valence-corrected chi connectivity index (χ4v) is 2.88. The van der Waals surface area contributed by atoms with E-state index in [2.05, 4.69) is 15.2 Å². The second-order valence-electron chi connectivity index (χ2n) is 6.27. The Bertz CT molecular complexity index is 573. The van der Waals surface area contributed by atoms with Gasteiger partial charge in [-0.1, -0.05) is 6.07 Å². The molecule has 0 atom stereocenters. The SMILES string of the molecule is NC(=NCc1ccc2c(c1)OCCCO2)NCCCN1CCOCC1. The number of aliphatic imine (C=N–C) groups is 1. The Morgan fingerprint density at radius 2 is 1.92 bits per heavy atom. The van der Waals surface area contributed by atoms with Crippen molar-refractivity contribution in [1.82, 2.24) is 10.2 Å². The van der Waals surface area contributed by atoms with Crippen LogP contribution in [0.4, 0.5) is 0 Å². The average molecular weight is 348 g/mol. The fraction of sp³-hybridized carbons (Fsp3) is 0.611. The largest absolute Gasteiger partial charge is 0.490 e. The molecule has 7 nitrogen and oxygen atoms in total. The Hall–Kier alpha value is -1.99. The Balaban J connectivity index is 1.39. The van der Waals surface area contributed by atoms with Gasteiger partial charge >= 0.3 is 0 Å². The first-order valence-corrected chi connectivity index (χ1v) is 9.04. The predicted molar refractivity (Wildman–Crippen MR) is 97.3 cm³/mol. The molecular weight excluding hydrogens is 320 g/mol. The summed E-state index contributed by atoms with van der Waals surface area (Å²) in [6, 6.07) is 5.93. The van der Waals surface area contributed by atoms with Crippen molar-refractivity contribution < 1.29 is 14.2 Å². The molecule has 1 fully saturated rings. The van der Waals surface area contributed by atoms with Crippen molar-refractivity contribution >= 4 is 5.96 Å². The van der Waals surface area contributed by atoms with Gasteiger partial charge in [-0.15, -0.1) is 0 Å². The van der Waals surface area contributed by atoms with E-state index in [0.29, 0.717) is 25.7 Å². The number of hydrogen-bond acceptors (Lipinski definition) is 5. The lowest BCUT2D eigenvalue weighted by Gasteiger charge is -2.26. The highest BCUT2D eigenvalue weighted by molar-refractivity contribution is 5.77. The van der Waals surface area contributed by atoms with Crippen molar-refractivity contribution in [2.45, 2.75) is 19.4 Å². The van der Waals surface area contributed by atoms with E-state index in [0.717, 1.165) is 69.3 Å². The summed E-state index contributed by atoms with van der Waals surface area (Å²) in [6.07, 6.45) is 1.95. The van der Waals surface area contributed by atoms with Crippen LogP contribution >= 0.6 is 0 Å². The second kappa shape index (κ2) is 9.48. The maximum absolute atomic E-state index is 5.95. The lowest BCUT2D eigenvalue weighted by molar-refractivity contribution is 0.0376. The lowest BCUT2D eigenvalue weighted by Crippen LogP contribution is -2.39. The van der Waals surface area contributed by atoms with Crippen molar-refractivity contribution in [3.05, 3.63) is 23.8 Å². The van der Waals surface area contributed by atoms with E-state index in [-0.39, 0.29) is 0 Å². The van der Waals surface area contributed by atoms with Crippen LogP contribution < -0.4 is 20.5 Å². The lowest BCUT2D eigenvalue weighted by atomic mass is 10.2. The minimum atomic E-state index is 0.481. The summed E-state index contributed by atoms with van der Waals surface area (Å²) in [7, 11) is 0. The first-order valence-electron chi connectivity index (χ1n) is 9.04. The monoisotopic (exact) mass is 348 g/mol. The predicted octanol–water partition coefficient (Wildman–Crippen LogP) is 0.975. The van der Waals surface area contributed by atoms with Crippen LogP contribution in [0.15, 0.2) is 23.2 Å². The molecule has 0 saturated carbocycles. The van der Waals surface area contributed by atoms with Crippen molar-refractivity contribution in [3.63, 3.8) is 0 Å². The van der Waals surface area contributed by atoms with Gasteiger partial charge in [0.15, 0.2) is 17.5 Å². The van der Waals surface area contributed by atoms with Crippen LogP contribution in [0.5, 0.6) is 11.5 Å². The van der Waals surface area contributed by atoms with Crippen LogP contribution in [-0.4, -0.2) is 63.5 Å². The van der Waals surface area contributed by atoms with Gasteiger partial charge in [0, 0.05) is 26.1 Å². The number of nitrogens with two attached hydrogens (primary N) is 1. The van der Waals surface area contributed by atoms with Crippen LogP contribution in [0.25, 0.3) is 0 Å². The third-order valence-corrected chi connectivity index (χ3v) is 4.30. The fourth-order valence-electron chi connectivity index (χ4n) is 2.88. The number of fused-ring (bicyclic) bond motifs is 1. The van der Waals surface area contributed by atoms with E-state index in [1.54, 1.807) is 0 Å². The summed E-state index contributed by atoms with van der Waals surface area (Å²) in [6.45, 7) is 7.53. The van der Waals surface area contributed by atoms with Crippen molar-refractivity contribution in [2.24, 2.45) is 10.7 Å². The van der Waals surface area contributed by atoms with E-state index in [4.69, 9.17) is 19.9 Å². The number of nitrogens with zero attached hydrogens (tertiary/aromatic N) is 2. The van der Waals surface area contributed by atoms with Crippen LogP contribution in [0.3, 0.4) is 0 Å². The highest BCUT2D eigenvalue weighted by atomic mass is 16.5. The summed E-state index contributed by atoms with van der Waals surface area (Å²) in [5.41, 5.74) is 7.01. The third-order valence-electron chi connectivity index (χ3n) is 4.30. The van der Waals surface area contributed by atoms with Gasteiger partial charge in [-0.25, -0.2) is 4.99 Å². The quantitative estimate of drug-likeness (QED) is 0.453. The standard InChI is InChI=1S/C18H28N4O3/c19-18(20-5-1-6-22-7-11-23-12-8-22)21-14-15-3-4-16-17(13-15)25-10-2-9-24-16/h3-4,13H,1-2,5-12,14H2,(H3,19,20,21). The minimum absolute atomic E-state index is 0.481. The zero-order chi connectivity index (χ0) is 17.3. The van der Waals surface area contributed by atoms with Crippen molar-refractivity contribution in [2.75, 3.05) is 52.6 Å². The van der Waals surface area contributed by atoms with E-state index < -0.39 is 0 Å². The summed E-state index contributed by atoms with van der Waals surface area (Å²) in [5.74, 6) is 2.08. The van der Waals surface area contributed by atoms with Gasteiger partial charge in [-0.2, -0.15) is 0 Å². The summed E-state index contributed by atoms with van der Waals surface area (Å²) in [4.78, 5) is 6.82. The summed E-state index contributed by atoms with van der Waals surface area (Å²) in [5, 5.41) is 3.18. The number of ether oxygens (including phenoxy) is 3. The van der Waals surface area contributed by atoms with Gasteiger partial charge in [-0.3, -0.25) is 4.90 Å². The maximum atomic E-state index is 5.95. The molecule has 1 saturated heterocycles. The molecule has 0 radical (unpaired) electrons. The minimum Gasteiger partial charge on any atom is -0.490 e. The molecule has 1 aromatic rings. The van der Waals surface area contributed by atoms with Gasteiger partial charge in [0.2, 0.25) is 0 Å². The zero-order valence-corrected chi connectivity index (χ0v) is 14.7. The Morgan fingerprint density at radius 3 is 2.76 bits per heavy atom. The average Bonchev–Trinajstić information content (AvgIpc) is 2.89. The Labute approximate surface area is 149 Å². The number of hydrogen-bond donors (Lipinski definition) is 2. The second-order valence-corrected chi connectivity index (χ2v) is 6.27. The molecule has 1 aromatic carbocycles. The summed E-state index contributed by atoms with van der Waals surface area (Å²) >= 11 is 0. The van der Waals surface area contributed by atoms with Crippen LogP contribution in [0.2, 0.25) is 0 Å². The molecule has 25 heavy (non-hydrogen) atoms. The zero-order valence-electron chi connectivity index (χ0n) is 14.7. The molecule has 2 heterocycles. The number of benzene rings is 1. The molecule has 0 amide bonds. The molecule has 0 aromatic heterocycles. The molecule has 3 rings (SSSR count). The van der Waals surface area contributed by atoms with Crippen LogP contribution in [0.1, 0.15) is 18.4 Å². The van der Waals surface area contributed by atoms with Gasteiger partial charge in [0.1, 0.15) is 0 Å². The molecule has 3 N–H and O–H groups in total. The molecule has 2 aliphatic heterocycles. The Kier molecular flexibility index (Phi) is 6.76. The topological polar surface area (TPSA) is 81.3 Å². The highest BCUT2D eigenvalue weighted by Gasteiger charge is 2.11. The van der Waals surface area contributed by atoms with Gasteiger partial charge in [0.25, 0.3) is 0 Å². The molecule has 7 heteroatoms. The molecule has 0 bridgehead atoms. The van der Waals surface area contributed by atoms with E-state index in [1.807, 2.05) is 18.2 Å². The molecule has 2 aliphatic rings. The maximum Gasteiger partial charge on any atom is 0.188 e. The van der Waals surface area contributed by atoms with Gasteiger partial charge in [-0.05, 0) is 30.7 Å². The number of rotatable bonds is 6. The van der Waals surface area contributed by atoms with E-state index in [1.165, 1.54) is 0 Å². The molecule has 0 spiro atoms. The number of nitrogens with one attached hydrogen (secondary N) is 1. The van der Waals surface area contributed by atoms with Crippen molar-refractivity contribution in [1.29, 1.82) is 0 Å². The Morgan fingerprint density at radius 1 is 1.12 bits per heavy atom. The smallest absolute Gasteiger partial charge is 0.188 e. The normalized spacial score (nSPS) is 18.6. The number of guanidine groups is 1. The number of morpholine rings is 1. The first-order chi connectivity index (χ1) is 12.3. The van der Waals surface area contributed by atoms with Crippen LogP contribution in [-0.2, 0) is 11.3 Å². The van der Waals surface area contributed by atoms with Crippen molar-refractivity contribution in [3.8, 4) is 11.5 Å². The molecule has 0 aliphatic carbocycles. The highest BCUT2D eigenvalue weighted by Crippen LogP contribution is 2.30. The summed E-state index contributed by atoms with van der Waals surface area (Å²) < 4.78 is 16.7. The third kappa shape index (κ3) is 5.79. The van der Waals surface area contributed by atoms with E-state index >= 15 is 0 Å². The molecular formula is C18H28N4O3. The molecule has 0 unspecified atom stereocenters. The van der Waals surface area contributed by atoms with E-state index in [9.17, 15) is 0 Å². The van der Waals surface area contributed by atoms with Gasteiger partial charge in [0.05, 0.1) is 33.0 Å². The first kappa shape index (κ1) is 17.8.